The Labute approximate surface area is 114 Å². The van der Waals surface area contributed by atoms with Crippen LogP contribution in [0.5, 0.6) is 0 Å². The predicted molar refractivity (Wildman–Crippen MR) is 73.8 cm³/mol. The minimum atomic E-state index is -3.88. The van der Waals surface area contributed by atoms with Crippen LogP contribution in [0.4, 0.5) is 4.39 Å². The molecule has 6 heteroatoms. The molecule has 0 saturated carbocycles. The number of hydrogen-bond donors (Lipinski definition) is 2. The fourth-order valence-electron chi connectivity index (χ4n) is 1.77. The smallest absolute Gasteiger partial charge is 0.243 e. The first-order valence-electron chi connectivity index (χ1n) is 6.29. The van der Waals surface area contributed by atoms with E-state index in [2.05, 4.69) is 4.72 Å². The highest BCUT2D eigenvalue weighted by Gasteiger charge is 2.26. The summed E-state index contributed by atoms with van der Waals surface area (Å²) in [6.45, 7) is 5.45. The average molecular weight is 288 g/mol. The summed E-state index contributed by atoms with van der Waals surface area (Å²) in [7, 11) is -3.88. The molecule has 108 valence electrons. The van der Waals surface area contributed by atoms with E-state index in [4.69, 9.17) is 5.73 Å². The highest BCUT2D eigenvalue weighted by molar-refractivity contribution is 7.89. The van der Waals surface area contributed by atoms with Crippen molar-refractivity contribution in [3.63, 3.8) is 0 Å². The second-order valence-corrected chi connectivity index (χ2v) is 6.48. The van der Waals surface area contributed by atoms with Gasteiger partial charge in [-0.15, -0.1) is 0 Å². The summed E-state index contributed by atoms with van der Waals surface area (Å²) in [6, 6.07) is 4.18. The molecule has 0 saturated heterocycles. The lowest BCUT2D eigenvalue weighted by molar-refractivity contribution is 0.391. The maximum Gasteiger partial charge on any atom is 0.243 e. The molecule has 3 N–H and O–H groups in total. The number of hydrogen-bond acceptors (Lipinski definition) is 3. The van der Waals surface area contributed by atoms with Gasteiger partial charge in [0.1, 0.15) is 10.7 Å². The predicted octanol–water partition coefficient (Wildman–Crippen LogP) is 1.93. The molecule has 1 aromatic rings. The quantitative estimate of drug-likeness (QED) is 0.840. The number of aryl methyl sites for hydroxylation is 1. The Morgan fingerprint density at radius 1 is 1.32 bits per heavy atom. The van der Waals surface area contributed by atoms with Gasteiger partial charge in [0.15, 0.2) is 0 Å². The van der Waals surface area contributed by atoms with Crippen LogP contribution < -0.4 is 10.5 Å². The third-order valence-electron chi connectivity index (χ3n) is 3.46. The van der Waals surface area contributed by atoms with E-state index < -0.39 is 21.4 Å². The van der Waals surface area contributed by atoms with Gasteiger partial charge in [0.2, 0.25) is 10.0 Å². The fourth-order valence-corrected chi connectivity index (χ4v) is 3.21. The van der Waals surface area contributed by atoms with Crippen LogP contribution in [0.15, 0.2) is 23.1 Å². The van der Waals surface area contributed by atoms with Gasteiger partial charge in [-0.2, -0.15) is 0 Å². The zero-order chi connectivity index (χ0) is 14.7. The largest absolute Gasteiger partial charge is 0.324 e. The van der Waals surface area contributed by atoms with Gasteiger partial charge < -0.3 is 5.73 Å². The average Bonchev–Trinajstić information content (AvgIpc) is 2.35. The first-order valence-corrected chi connectivity index (χ1v) is 7.77. The molecule has 1 rings (SSSR count). The molecule has 0 atom stereocenters. The summed E-state index contributed by atoms with van der Waals surface area (Å²) < 4.78 is 40.4. The van der Waals surface area contributed by atoms with Crippen molar-refractivity contribution in [3.8, 4) is 0 Å². The van der Waals surface area contributed by atoms with Crippen LogP contribution in [0.3, 0.4) is 0 Å². The van der Waals surface area contributed by atoms with Gasteiger partial charge in [-0.05, 0) is 31.4 Å². The fraction of sp³-hybridized carbons (Fsp3) is 0.538. The van der Waals surface area contributed by atoms with E-state index in [-0.39, 0.29) is 11.4 Å². The van der Waals surface area contributed by atoms with Crippen molar-refractivity contribution in [2.45, 2.75) is 44.0 Å². The molecule has 0 spiro atoms. The summed E-state index contributed by atoms with van der Waals surface area (Å²) in [5.74, 6) is -0.747. The Bertz CT molecular complexity index is 519. The first kappa shape index (κ1) is 16.1. The standard InChI is InChI=1S/C13H21FN2O2S/c1-4-13(15,5-2)9-16-19(17,18)12-10(3)7-6-8-11(12)14/h6-8,16H,4-5,9,15H2,1-3H3. The molecule has 4 nitrogen and oxygen atoms in total. The monoisotopic (exact) mass is 288 g/mol. The van der Waals surface area contributed by atoms with E-state index in [0.717, 1.165) is 6.07 Å². The van der Waals surface area contributed by atoms with Crippen molar-refractivity contribution in [3.05, 3.63) is 29.6 Å². The minimum Gasteiger partial charge on any atom is -0.324 e. The lowest BCUT2D eigenvalue weighted by Crippen LogP contribution is -2.49. The summed E-state index contributed by atoms with van der Waals surface area (Å²) in [5.41, 5.74) is 5.81. The van der Waals surface area contributed by atoms with Crippen LogP contribution in [-0.2, 0) is 10.0 Å². The second-order valence-electron chi connectivity index (χ2n) is 4.78. The summed E-state index contributed by atoms with van der Waals surface area (Å²) >= 11 is 0. The Balaban J connectivity index is 3.00. The number of halogens is 1. The van der Waals surface area contributed by atoms with E-state index in [1.807, 2.05) is 13.8 Å². The third kappa shape index (κ3) is 3.75. The molecule has 19 heavy (non-hydrogen) atoms. The lowest BCUT2D eigenvalue weighted by Gasteiger charge is -2.26. The second kappa shape index (κ2) is 5.98. The SMILES string of the molecule is CCC(N)(CC)CNS(=O)(=O)c1c(C)cccc1F. The highest BCUT2D eigenvalue weighted by Crippen LogP contribution is 2.19. The number of benzene rings is 1. The Hall–Kier alpha value is -0.980. The molecule has 0 aliphatic heterocycles. The summed E-state index contributed by atoms with van der Waals surface area (Å²) in [4.78, 5) is -0.301. The lowest BCUT2D eigenvalue weighted by atomic mass is 9.95. The minimum absolute atomic E-state index is 0.0934. The normalized spacial score (nSPS) is 12.7. The molecule has 0 aliphatic carbocycles. The van der Waals surface area contributed by atoms with E-state index in [0.29, 0.717) is 18.4 Å². The molecule has 0 unspecified atom stereocenters. The van der Waals surface area contributed by atoms with Crippen LogP contribution in [0.2, 0.25) is 0 Å². The molecule has 0 fully saturated rings. The molecule has 0 bridgehead atoms. The molecule has 1 aromatic carbocycles. The number of nitrogens with one attached hydrogen (secondary N) is 1. The molecule has 0 heterocycles. The first-order chi connectivity index (χ1) is 8.75. The van der Waals surface area contributed by atoms with Gasteiger partial charge in [-0.3, -0.25) is 0 Å². The van der Waals surface area contributed by atoms with Gasteiger partial charge >= 0.3 is 0 Å². The molecule has 0 amide bonds. The van der Waals surface area contributed by atoms with Crippen LogP contribution >= 0.6 is 0 Å². The zero-order valence-electron chi connectivity index (χ0n) is 11.5. The maximum absolute atomic E-state index is 13.7. The highest BCUT2D eigenvalue weighted by atomic mass is 32.2. The molecule has 0 aliphatic rings. The Morgan fingerprint density at radius 2 is 1.89 bits per heavy atom. The summed E-state index contributed by atoms with van der Waals surface area (Å²) in [5, 5.41) is 0. The van der Waals surface area contributed by atoms with Crippen LogP contribution in [-0.4, -0.2) is 20.5 Å². The van der Waals surface area contributed by atoms with Crippen molar-refractivity contribution >= 4 is 10.0 Å². The van der Waals surface area contributed by atoms with E-state index >= 15 is 0 Å². The zero-order valence-corrected chi connectivity index (χ0v) is 12.3. The van der Waals surface area contributed by atoms with Crippen molar-refractivity contribution in [1.29, 1.82) is 0 Å². The topological polar surface area (TPSA) is 72.2 Å². The van der Waals surface area contributed by atoms with Crippen LogP contribution in [0.1, 0.15) is 32.3 Å². The van der Waals surface area contributed by atoms with Crippen molar-refractivity contribution in [1.82, 2.24) is 4.72 Å². The van der Waals surface area contributed by atoms with Crippen molar-refractivity contribution < 1.29 is 12.8 Å². The van der Waals surface area contributed by atoms with E-state index in [1.54, 1.807) is 13.0 Å². The molecular weight excluding hydrogens is 267 g/mol. The van der Waals surface area contributed by atoms with Crippen molar-refractivity contribution in [2.24, 2.45) is 5.73 Å². The van der Waals surface area contributed by atoms with Crippen LogP contribution in [0.25, 0.3) is 0 Å². The van der Waals surface area contributed by atoms with Gasteiger partial charge in [0.05, 0.1) is 0 Å². The Kier molecular flexibility index (Phi) is 5.06. The van der Waals surface area contributed by atoms with E-state index in [9.17, 15) is 12.8 Å². The van der Waals surface area contributed by atoms with Gasteiger partial charge in [-0.25, -0.2) is 17.5 Å². The van der Waals surface area contributed by atoms with E-state index in [1.165, 1.54) is 6.07 Å². The van der Waals surface area contributed by atoms with Gasteiger partial charge in [0.25, 0.3) is 0 Å². The number of sulfonamides is 1. The number of rotatable bonds is 6. The third-order valence-corrected chi connectivity index (χ3v) is 5.03. The number of nitrogens with two attached hydrogens (primary N) is 1. The Morgan fingerprint density at radius 3 is 2.37 bits per heavy atom. The van der Waals surface area contributed by atoms with Gasteiger partial charge in [0, 0.05) is 12.1 Å². The van der Waals surface area contributed by atoms with Crippen molar-refractivity contribution in [2.75, 3.05) is 6.54 Å². The summed E-state index contributed by atoms with van der Waals surface area (Å²) in [6.07, 6.45) is 1.28. The van der Waals surface area contributed by atoms with Gasteiger partial charge in [-0.1, -0.05) is 26.0 Å². The molecular formula is C13H21FN2O2S. The molecule has 0 aromatic heterocycles. The molecule has 0 radical (unpaired) electrons. The maximum atomic E-state index is 13.7. The van der Waals surface area contributed by atoms with Crippen LogP contribution in [0, 0.1) is 12.7 Å².